The molecule has 0 aliphatic rings. The molecule has 0 spiro atoms. The zero-order valence-electron chi connectivity index (χ0n) is 8.27. The zero-order valence-corrected chi connectivity index (χ0v) is 9.90. The monoisotopic (exact) mass is 280 g/mol. The van der Waals surface area contributed by atoms with E-state index in [1.807, 2.05) is 0 Å². The van der Waals surface area contributed by atoms with Crippen molar-refractivity contribution in [3.05, 3.63) is 12.7 Å². The Bertz CT molecular complexity index is 359. The van der Waals surface area contributed by atoms with Crippen LogP contribution in [0.5, 0.6) is 0 Å². The van der Waals surface area contributed by atoms with Gasteiger partial charge < -0.3 is 0 Å². The van der Waals surface area contributed by atoms with Crippen molar-refractivity contribution in [2.24, 2.45) is 0 Å². The highest BCUT2D eigenvalue weighted by Crippen LogP contribution is 1.95. The molecule has 0 aromatic carbocycles. The van der Waals surface area contributed by atoms with Crippen LogP contribution in [0.1, 0.15) is 6.92 Å². The van der Waals surface area contributed by atoms with Crippen LogP contribution in [-0.4, -0.2) is 39.2 Å². The van der Waals surface area contributed by atoms with E-state index in [-0.39, 0.29) is 13.2 Å². The van der Waals surface area contributed by atoms with Crippen LogP contribution in [0.3, 0.4) is 0 Å². The van der Waals surface area contributed by atoms with Crippen molar-refractivity contribution in [1.29, 1.82) is 0 Å². The second kappa shape index (κ2) is 8.58. The van der Waals surface area contributed by atoms with E-state index in [1.165, 1.54) is 6.08 Å². The van der Waals surface area contributed by atoms with Gasteiger partial charge in [-0.1, -0.05) is 10.4 Å². The van der Waals surface area contributed by atoms with E-state index in [0.29, 0.717) is 0 Å². The van der Waals surface area contributed by atoms with Gasteiger partial charge in [0.2, 0.25) is 0 Å². The molecule has 0 aliphatic heterocycles. The summed E-state index contributed by atoms with van der Waals surface area (Å²) in [5, 5.41) is 0. The predicted octanol–water partition coefficient (Wildman–Crippen LogP) is -0.251. The lowest BCUT2D eigenvalue weighted by Crippen LogP contribution is -2.10. The first-order chi connectivity index (χ1) is 7.12. The van der Waals surface area contributed by atoms with E-state index in [9.17, 15) is 8.42 Å². The van der Waals surface area contributed by atoms with Crippen molar-refractivity contribution < 1.29 is 39.3 Å². The maximum absolute atomic E-state index is 10.5. The van der Waals surface area contributed by atoms with Gasteiger partial charge in [-0.05, 0) is 6.92 Å². The van der Waals surface area contributed by atoms with Crippen molar-refractivity contribution in [3.8, 4) is 0 Å². The summed E-state index contributed by atoms with van der Waals surface area (Å²) in [6.45, 7) is 4.85. The zero-order chi connectivity index (χ0) is 13.2. The van der Waals surface area contributed by atoms with Gasteiger partial charge in [0.1, 0.15) is 0 Å². The predicted molar refractivity (Wildman–Crippen MR) is 52.0 cm³/mol. The number of hydrogen-bond acceptors (Lipinski definition) is 7. The van der Waals surface area contributed by atoms with Gasteiger partial charge in [-0.2, -0.15) is 16.8 Å². The molecule has 9 nitrogen and oxygen atoms in total. The molecule has 0 saturated carbocycles. The van der Waals surface area contributed by atoms with Crippen molar-refractivity contribution in [1.82, 2.24) is 0 Å². The quantitative estimate of drug-likeness (QED) is 0.292. The molecule has 11 heteroatoms. The minimum atomic E-state index is -4.67. The highest BCUT2D eigenvalue weighted by atomic mass is 32.3. The summed E-state index contributed by atoms with van der Waals surface area (Å²) >= 11 is 0. The second-order valence-corrected chi connectivity index (χ2v) is 3.99. The summed E-state index contributed by atoms with van der Waals surface area (Å²) in [7, 11) is -8.67. The molecular formula is C5H12O9S2. The fourth-order valence-electron chi connectivity index (χ4n) is 0.258. The molecule has 98 valence electrons. The van der Waals surface area contributed by atoms with E-state index >= 15 is 0 Å². The summed E-state index contributed by atoms with van der Waals surface area (Å²) in [4.78, 5) is 4.15. The Morgan fingerprint density at radius 3 is 2.00 bits per heavy atom. The van der Waals surface area contributed by atoms with Crippen molar-refractivity contribution >= 4 is 20.8 Å². The summed E-state index contributed by atoms with van der Waals surface area (Å²) in [5.41, 5.74) is 0. The average molecular weight is 280 g/mol. The second-order valence-electron chi connectivity index (χ2n) is 1.90. The third-order valence-electron chi connectivity index (χ3n) is 0.580. The molecule has 0 atom stereocenters. The van der Waals surface area contributed by atoms with Gasteiger partial charge in [0.25, 0.3) is 0 Å². The molecule has 0 saturated heterocycles. The van der Waals surface area contributed by atoms with Gasteiger partial charge in [0.05, 0.1) is 13.2 Å². The lowest BCUT2D eigenvalue weighted by Gasteiger charge is -2.00. The molecule has 0 aliphatic carbocycles. The Morgan fingerprint density at radius 1 is 1.25 bits per heavy atom. The smallest absolute Gasteiger partial charge is 0.264 e. The maximum Gasteiger partial charge on any atom is 0.426 e. The Hall–Kier alpha value is -0.560. The summed E-state index contributed by atoms with van der Waals surface area (Å²) < 4.78 is 60.7. The number of rotatable bonds is 6. The Morgan fingerprint density at radius 2 is 1.69 bits per heavy atom. The first kappa shape index (κ1) is 17.8. The van der Waals surface area contributed by atoms with Crippen molar-refractivity contribution in [2.75, 3.05) is 13.2 Å². The van der Waals surface area contributed by atoms with Crippen LogP contribution in [0.15, 0.2) is 12.7 Å². The average Bonchev–Trinajstić information content (AvgIpc) is 2.09. The van der Waals surface area contributed by atoms with Crippen LogP contribution in [-0.2, 0) is 34.2 Å². The van der Waals surface area contributed by atoms with Crippen LogP contribution in [0, 0.1) is 0 Å². The highest BCUT2D eigenvalue weighted by Gasteiger charge is 2.10. The van der Waals surface area contributed by atoms with Gasteiger partial charge in [-0.3, -0.25) is 9.11 Å². The standard InChI is InChI=1S/C5H10O5S.H2O4S/c1-3-5-9-11(6,7)10-8-4-2;1-5(2,3)4/h3H,1,4-5H2,2H3;(H2,1,2,3,4). The minimum Gasteiger partial charge on any atom is -0.264 e. The molecule has 0 amide bonds. The molecule has 0 fully saturated rings. The molecule has 16 heavy (non-hydrogen) atoms. The molecule has 0 heterocycles. The highest BCUT2D eigenvalue weighted by molar-refractivity contribution is 7.81. The van der Waals surface area contributed by atoms with Crippen molar-refractivity contribution in [3.63, 3.8) is 0 Å². The fourth-order valence-corrected chi connectivity index (χ4v) is 0.774. The molecule has 0 rings (SSSR count). The van der Waals surface area contributed by atoms with Crippen LogP contribution >= 0.6 is 0 Å². The SMILES string of the molecule is C=CCOS(=O)(=O)OOCC.O=S(=O)(O)O. The fraction of sp³-hybridized carbons (Fsp3) is 0.600. The normalized spacial score (nSPS) is 11.4. The molecule has 0 aromatic rings. The Kier molecular flexibility index (Phi) is 9.55. The summed E-state index contributed by atoms with van der Waals surface area (Å²) in [6.07, 6.45) is 1.28. The molecule has 0 bridgehead atoms. The molecule has 0 aromatic heterocycles. The topological polar surface area (TPSA) is 136 Å². The summed E-state index contributed by atoms with van der Waals surface area (Å²) in [6, 6.07) is 0. The van der Waals surface area contributed by atoms with E-state index in [1.54, 1.807) is 6.92 Å². The van der Waals surface area contributed by atoms with Crippen LogP contribution in [0.4, 0.5) is 0 Å². The molecular weight excluding hydrogens is 268 g/mol. The van der Waals surface area contributed by atoms with E-state index < -0.39 is 20.8 Å². The van der Waals surface area contributed by atoms with Gasteiger partial charge in [-0.15, -0.1) is 6.58 Å². The van der Waals surface area contributed by atoms with E-state index in [2.05, 4.69) is 20.0 Å². The first-order valence-electron chi connectivity index (χ1n) is 3.63. The van der Waals surface area contributed by atoms with Crippen LogP contribution in [0.25, 0.3) is 0 Å². The molecule has 0 unspecified atom stereocenters. The van der Waals surface area contributed by atoms with Gasteiger partial charge in [0, 0.05) is 0 Å². The summed E-state index contributed by atoms with van der Waals surface area (Å²) in [5.74, 6) is 0. The Labute approximate surface area is 93.5 Å². The maximum atomic E-state index is 10.5. The van der Waals surface area contributed by atoms with E-state index in [0.717, 1.165) is 0 Å². The van der Waals surface area contributed by atoms with E-state index in [4.69, 9.17) is 17.5 Å². The third kappa shape index (κ3) is 23.3. The lowest BCUT2D eigenvalue weighted by molar-refractivity contribution is -0.204. The van der Waals surface area contributed by atoms with Gasteiger partial charge in [-0.25, -0.2) is 9.07 Å². The molecule has 2 N–H and O–H groups in total. The Balaban J connectivity index is 0. The first-order valence-corrected chi connectivity index (χ1v) is 6.36. The van der Waals surface area contributed by atoms with Crippen LogP contribution < -0.4 is 0 Å². The number of hydrogen-bond donors (Lipinski definition) is 2. The van der Waals surface area contributed by atoms with Gasteiger partial charge in [0.15, 0.2) is 0 Å². The third-order valence-corrected chi connectivity index (χ3v) is 1.27. The molecule has 0 radical (unpaired) electrons. The minimum absolute atomic E-state index is 0.130. The lowest BCUT2D eigenvalue weighted by atomic mass is 10.7. The largest absolute Gasteiger partial charge is 0.426 e. The van der Waals surface area contributed by atoms with Crippen molar-refractivity contribution in [2.45, 2.75) is 6.92 Å². The van der Waals surface area contributed by atoms with Crippen LogP contribution in [0.2, 0.25) is 0 Å². The van der Waals surface area contributed by atoms with Gasteiger partial charge >= 0.3 is 20.8 Å².